The number of carbonyl (C=O) groups excluding carboxylic acids is 1. The molecule has 0 bridgehead atoms. The monoisotopic (exact) mass is 368 g/mol. The van der Waals surface area contributed by atoms with Crippen LogP contribution < -0.4 is 5.32 Å². The number of pyridine rings is 1. The Labute approximate surface area is 163 Å². The lowest BCUT2D eigenvalue weighted by molar-refractivity contribution is 0.0951. The van der Waals surface area contributed by atoms with Crippen LogP contribution in [0.1, 0.15) is 21.5 Å². The summed E-state index contributed by atoms with van der Waals surface area (Å²) in [4.78, 5) is 17.0. The number of rotatable bonds is 5. The average molecular weight is 368 g/mol. The number of aromatic nitrogens is 3. The summed E-state index contributed by atoms with van der Waals surface area (Å²) in [6.07, 6.45) is 5.24. The van der Waals surface area contributed by atoms with Crippen LogP contribution in [0.3, 0.4) is 0 Å². The topological polar surface area (TPSA) is 59.8 Å². The van der Waals surface area contributed by atoms with Gasteiger partial charge in [-0.05, 0) is 30.7 Å². The summed E-state index contributed by atoms with van der Waals surface area (Å²) in [5, 5.41) is 7.67. The van der Waals surface area contributed by atoms with Crippen molar-refractivity contribution in [2.45, 2.75) is 13.5 Å². The van der Waals surface area contributed by atoms with Gasteiger partial charge in [0.25, 0.3) is 5.91 Å². The van der Waals surface area contributed by atoms with Crippen molar-refractivity contribution in [1.82, 2.24) is 20.1 Å². The molecule has 0 atom stereocenters. The van der Waals surface area contributed by atoms with Crippen LogP contribution in [0.15, 0.2) is 85.3 Å². The highest BCUT2D eigenvalue weighted by atomic mass is 16.1. The molecule has 0 saturated carbocycles. The van der Waals surface area contributed by atoms with Crippen LogP contribution in [0.2, 0.25) is 0 Å². The van der Waals surface area contributed by atoms with Gasteiger partial charge in [0.1, 0.15) is 5.69 Å². The lowest BCUT2D eigenvalue weighted by Crippen LogP contribution is -2.23. The van der Waals surface area contributed by atoms with E-state index in [9.17, 15) is 4.79 Å². The first-order chi connectivity index (χ1) is 13.7. The molecule has 0 unspecified atom stereocenters. The van der Waals surface area contributed by atoms with Gasteiger partial charge in [-0.15, -0.1) is 0 Å². The van der Waals surface area contributed by atoms with Gasteiger partial charge < -0.3 is 5.32 Å². The van der Waals surface area contributed by atoms with E-state index in [-0.39, 0.29) is 5.91 Å². The van der Waals surface area contributed by atoms with Crippen molar-refractivity contribution in [2.24, 2.45) is 0 Å². The maximum Gasteiger partial charge on any atom is 0.255 e. The van der Waals surface area contributed by atoms with E-state index in [0.717, 1.165) is 16.8 Å². The Bertz CT molecular complexity index is 1070. The second kappa shape index (κ2) is 7.88. The lowest BCUT2D eigenvalue weighted by atomic mass is 10.1. The van der Waals surface area contributed by atoms with Crippen LogP contribution in [0, 0.1) is 6.92 Å². The molecule has 0 spiro atoms. The van der Waals surface area contributed by atoms with E-state index in [4.69, 9.17) is 5.10 Å². The number of nitrogens with zero attached hydrogens (tertiary/aromatic N) is 3. The minimum Gasteiger partial charge on any atom is -0.348 e. The fourth-order valence-electron chi connectivity index (χ4n) is 2.96. The Balaban J connectivity index is 1.68. The second-order valence-corrected chi connectivity index (χ2v) is 6.58. The summed E-state index contributed by atoms with van der Waals surface area (Å²) in [5.74, 6) is -0.166. The SMILES string of the molecule is Cc1ccc(-n2cc(C(=O)NCc3cccnc3)c(-c3ccccc3)n2)cc1. The van der Waals surface area contributed by atoms with Crippen LogP contribution in [0.4, 0.5) is 0 Å². The summed E-state index contributed by atoms with van der Waals surface area (Å²) in [6.45, 7) is 2.45. The van der Waals surface area contributed by atoms with Gasteiger partial charge in [0.05, 0.1) is 11.3 Å². The minimum atomic E-state index is -0.166. The molecule has 0 aliphatic carbocycles. The summed E-state index contributed by atoms with van der Waals surface area (Å²) in [6, 6.07) is 21.6. The molecule has 2 aromatic heterocycles. The largest absolute Gasteiger partial charge is 0.348 e. The van der Waals surface area contributed by atoms with Gasteiger partial charge in [0, 0.05) is 30.7 Å². The molecule has 0 saturated heterocycles. The van der Waals surface area contributed by atoms with Crippen LogP contribution in [0.25, 0.3) is 16.9 Å². The van der Waals surface area contributed by atoms with Crippen molar-refractivity contribution in [3.63, 3.8) is 0 Å². The molecule has 1 amide bonds. The van der Waals surface area contributed by atoms with E-state index < -0.39 is 0 Å². The molecule has 4 rings (SSSR count). The quantitative estimate of drug-likeness (QED) is 0.575. The summed E-state index contributed by atoms with van der Waals surface area (Å²) >= 11 is 0. The van der Waals surface area contributed by atoms with Crippen molar-refractivity contribution in [1.29, 1.82) is 0 Å². The molecule has 0 aliphatic heterocycles. The zero-order valence-electron chi connectivity index (χ0n) is 15.5. The molecule has 2 heterocycles. The Kier molecular flexibility index (Phi) is 4.97. The Morgan fingerprint density at radius 3 is 2.50 bits per heavy atom. The molecule has 28 heavy (non-hydrogen) atoms. The van der Waals surface area contributed by atoms with Gasteiger partial charge in [0.2, 0.25) is 0 Å². The zero-order valence-corrected chi connectivity index (χ0v) is 15.5. The van der Waals surface area contributed by atoms with Gasteiger partial charge in [-0.1, -0.05) is 54.1 Å². The second-order valence-electron chi connectivity index (χ2n) is 6.58. The molecule has 0 fully saturated rings. The Hall–Kier alpha value is -3.73. The maximum absolute atomic E-state index is 12.9. The fraction of sp³-hybridized carbons (Fsp3) is 0.0870. The van der Waals surface area contributed by atoms with Crippen molar-refractivity contribution in [3.05, 3.63) is 102 Å². The van der Waals surface area contributed by atoms with Crippen LogP contribution >= 0.6 is 0 Å². The van der Waals surface area contributed by atoms with E-state index in [1.54, 1.807) is 23.3 Å². The molecular formula is C23H20N4O. The predicted molar refractivity (Wildman–Crippen MR) is 109 cm³/mol. The third kappa shape index (κ3) is 3.83. The number of amides is 1. The lowest BCUT2D eigenvalue weighted by Gasteiger charge is -2.05. The Morgan fingerprint density at radius 2 is 1.79 bits per heavy atom. The molecule has 5 nitrogen and oxygen atoms in total. The normalized spacial score (nSPS) is 10.6. The van der Waals surface area contributed by atoms with Crippen molar-refractivity contribution in [2.75, 3.05) is 0 Å². The number of nitrogens with one attached hydrogen (secondary N) is 1. The standard InChI is InChI=1S/C23H20N4O/c1-17-9-11-20(12-10-17)27-16-21(22(26-27)19-7-3-2-4-8-19)23(28)25-15-18-6-5-13-24-14-18/h2-14,16H,15H2,1H3,(H,25,28). The van der Waals surface area contributed by atoms with Crippen molar-refractivity contribution in [3.8, 4) is 16.9 Å². The van der Waals surface area contributed by atoms with Gasteiger partial charge in [0.15, 0.2) is 0 Å². The molecule has 4 aromatic rings. The molecule has 2 aromatic carbocycles. The van der Waals surface area contributed by atoms with Crippen molar-refractivity contribution < 1.29 is 4.79 Å². The van der Waals surface area contributed by atoms with Gasteiger partial charge in [-0.2, -0.15) is 5.10 Å². The van der Waals surface area contributed by atoms with E-state index in [0.29, 0.717) is 17.8 Å². The number of hydrogen-bond donors (Lipinski definition) is 1. The summed E-state index contributed by atoms with van der Waals surface area (Å²) < 4.78 is 1.75. The number of carbonyl (C=O) groups is 1. The van der Waals surface area contributed by atoms with Crippen molar-refractivity contribution >= 4 is 5.91 Å². The van der Waals surface area contributed by atoms with Gasteiger partial charge in [-0.25, -0.2) is 4.68 Å². The van der Waals surface area contributed by atoms with Gasteiger partial charge >= 0.3 is 0 Å². The maximum atomic E-state index is 12.9. The first kappa shape index (κ1) is 17.7. The third-order valence-electron chi connectivity index (χ3n) is 4.48. The molecule has 5 heteroatoms. The highest BCUT2D eigenvalue weighted by Gasteiger charge is 2.18. The number of benzene rings is 2. The molecule has 138 valence electrons. The van der Waals surface area contributed by atoms with Crippen LogP contribution in [-0.4, -0.2) is 20.7 Å². The molecule has 0 aliphatic rings. The smallest absolute Gasteiger partial charge is 0.255 e. The van der Waals surface area contributed by atoms with E-state index >= 15 is 0 Å². The number of aryl methyl sites for hydroxylation is 1. The molecule has 0 radical (unpaired) electrons. The fourth-order valence-corrected chi connectivity index (χ4v) is 2.96. The van der Waals surface area contributed by atoms with E-state index in [1.807, 2.05) is 73.7 Å². The Morgan fingerprint density at radius 1 is 1.00 bits per heavy atom. The predicted octanol–water partition coefficient (Wildman–Crippen LogP) is 4.17. The van der Waals surface area contributed by atoms with Crippen LogP contribution in [0.5, 0.6) is 0 Å². The zero-order chi connectivity index (χ0) is 19.3. The van der Waals surface area contributed by atoms with Crippen LogP contribution in [-0.2, 0) is 6.54 Å². The van der Waals surface area contributed by atoms with Gasteiger partial charge in [-0.3, -0.25) is 9.78 Å². The van der Waals surface area contributed by atoms with E-state index in [2.05, 4.69) is 10.3 Å². The third-order valence-corrected chi connectivity index (χ3v) is 4.48. The first-order valence-corrected chi connectivity index (χ1v) is 9.10. The molecule has 1 N–H and O–H groups in total. The summed E-state index contributed by atoms with van der Waals surface area (Å²) in [7, 11) is 0. The first-order valence-electron chi connectivity index (χ1n) is 9.10. The highest BCUT2D eigenvalue weighted by Crippen LogP contribution is 2.24. The number of hydrogen-bond acceptors (Lipinski definition) is 3. The average Bonchev–Trinajstić information content (AvgIpc) is 3.19. The highest BCUT2D eigenvalue weighted by molar-refractivity contribution is 5.99. The van der Waals surface area contributed by atoms with E-state index in [1.165, 1.54) is 5.56 Å². The summed E-state index contributed by atoms with van der Waals surface area (Å²) in [5.41, 5.74) is 5.13. The molecular weight excluding hydrogens is 348 g/mol. The minimum absolute atomic E-state index is 0.166.